The number of fused-ring (bicyclic) bond motifs is 7. The topological polar surface area (TPSA) is 8.17 Å². The van der Waals surface area contributed by atoms with E-state index in [-0.39, 0.29) is 0 Å². The number of para-hydroxylation sites is 2. The van der Waals surface area contributed by atoms with Crippen molar-refractivity contribution in [3.8, 4) is 50.2 Å². The van der Waals surface area contributed by atoms with E-state index >= 15 is 0 Å². The third-order valence-electron chi connectivity index (χ3n) is 13.8. The van der Waals surface area contributed by atoms with Crippen molar-refractivity contribution in [1.82, 2.24) is 4.57 Å². The van der Waals surface area contributed by atoms with Crippen LogP contribution in [0, 0.1) is 0 Å². The minimum absolute atomic E-state index is 1.08. The molecule has 0 amide bonds. The summed E-state index contributed by atoms with van der Waals surface area (Å²) in [5.41, 5.74) is 16.5. The number of aromatic nitrogens is 1. The molecule has 12 aromatic carbocycles. The second-order valence-corrected chi connectivity index (χ2v) is 17.7. The molecule has 0 bridgehead atoms. The van der Waals surface area contributed by atoms with E-state index in [0.29, 0.717) is 0 Å². The van der Waals surface area contributed by atoms with Crippen molar-refractivity contribution in [3.05, 3.63) is 267 Å². The average Bonchev–Trinajstić information content (AvgIpc) is 3.76. The molecule has 2 heteroatoms. The number of nitrogens with zero attached hydrogens (tertiary/aromatic N) is 2. The molecule has 1 heterocycles. The summed E-state index contributed by atoms with van der Waals surface area (Å²) in [6.07, 6.45) is 0. The summed E-state index contributed by atoms with van der Waals surface area (Å²) in [7, 11) is 0. The highest BCUT2D eigenvalue weighted by Gasteiger charge is 2.19. The lowest BCUT2D eigenvalue weighted by Gasteiger charge is -2.28. The summed E-state index contributed by atoms with van der Waals surface area (Å²) in [6.45, 7) is 0. The van der Waals surface area contributed by atoms with Gasteiger partial charge in [0.15, 0.2) is 0 Å². The Labute approximate surface area is 395 Å². The van der Waals surface area contributed by atoms with E-state index in [9.17, 15) is 0 Å². The van der Waals surface area contributed by atoms with Gasteiger partial charge in [-0.3, -0.25) is 0 Å². The second-order valence-electron chi connectivity index (χ2n) is 17.7. The fourth-order valence-electron chi connectivity index (χ4n) is 10.5. The van der Waals surface area contributed by atoms with Gasteiger partial charge in [-0.15, -0.1) is 0 Å². The highest BCUT2D eigenvalue weighted by atomic mass is 15.1. The molecule has 0 fully saturated rings. The summed E-state index contributed by atoms with van der Waals surface area (Å²) < 4.78 is 2.38. The number of anilines is 3. The first kappa shape index (κ1) is 39.4. The Hall–Kier alpha value is -8.98. The fourth-order valence-corrected chi connectivity index (χ4v) is 10.5. The van der Waals surface area contributed by atoms with Crippen LogP contribution in [0.4, 0.5) is 17.1 Å². The molecular formula is C66H44N2. The Morgan fingerprint density at radius 3 is 1.26 bits per heavy atom. The third kappa shape index (κ3) is 6.73. The van der Waals surface area contributed by atoms with Crippen LogP contribution in [0.2, 0.25) is 0 Å². The molecule has 0 N–H and O–H groups in total. The first-order chi connectivity index (χ1) is 33.7. The van der Waals surface area contributed by atoms with Crippen LogP contribution < -0.4 is 4.90 Å². The van der Waals surface area contributed by atoms with Crippen molar-refractivity contribution in [2.24, 2.45) is 0 Å². The van der Waals surface area contributed by atoms with Crippen molar-refractivity contribution < 1.29 is 0 Å². The summed E-state index contributed by atoms with van der Waals surface area (Å²) >= 11 is 0. The van der Waals surface area contributed by atoms with E-state index < -0.39 is 0 Å². The van der Waals surface area contributed by atoms with Gasteiger partial charge in [0.2, 0.25) is 0 Å². The first-order valence-corrected chi connectivity index (χ1v) is 23.4. The maximum absolute atomic E-state index is 2.41. The minimum Gasteiger partial charge on any atom is -0.310 e. The van der Waals surface area contributed by atoms with Gasteiger partial charge in [-0.05, 0) is 132 Å². The molecular weight excluding hydrogens is 821 g/mol. The molecule has 0 atom stereocenters. The smallest absolute Gasteiger partial charge is 0.0541 e. The Balaban J connectivity index is 0.902. The Bertz CT molecular complexity index is 3920. The van der Waals surface area contributed by atoms with Gasteiger partial charge in [0, 0.05) is 33.2 Å². The summed E-state index contributed by atoms with van der Waals surface area (Å²) in [4.78, 5) is 2.41. The largest absolute Gasteiger partial charge is 0.310 e. The molecule has 0 saturated carbocycles. The molecule has 0 aliphatic carbocycles. The molecule has 0 aliphatic heterocycles. The molecule has 13 aromatic rings. The van der Waals surface area contributed by atoms with Gasteiger partial charge in [0.1, 0.15) is 0 Å². The van der Waals surface area contributed by atoms with E-state index in [1.807, 2.05) is 0 Å². The normalized spacial score (nSPS) is 11.5. The van der Waals surface area contributed by atoms with Crippen LogP contribution in [0.1, 0.15) is 0 Å². The van der Waals surface area contributed by atoms with Crippen LogP contribution >= 0.6 is 0 Å². The van der Waals surface area contributed by atoms with Crippen molar-refractivity contribution >= 4 is 71.2 Å². The van der Waals surface area contributed by atoms with Crippen LogP contribution in [0.5, 0.6) is 0 Å². The third-order valence-corrected chi connectivity index (χ3v) is 13.8. The molecule has 13 rings (SSSR count). The lowest BCUT2D eigenvalue weighted by atomic mass is 9.92. The van der Waals surface area contributed by atoms with Crippen LogP contribution in [0.25, 0.3) is 104 Å². The van der Waals surface area contributed by atoms with E-state index in [1.165, 1.54) is 98.6 Å². The molecule has 0 saturated heterocycles. The number of rotatable bonds is 8. The summed E-state index contributed by atoms with van der Waals surface area (Å²) in [5, 5.41) is 10.0. The predicted octanol–water partition coefficient (Wildman–Crippen LogP) is 18.4. The lowest BCUT2D eigenvalue weighted by Crippen LogP contribution is -2.11. The zero-order chi connectivity index (χ0) is 45.0. The van der Waals surface area contributed by atoms with Crippen LogP contribution in [0.15, 0.2) is 267 Å². The SMILES string of the molecule is c1ccc(-c2ccc(-c3ccc(N(c4ccc(-c5ccc(-c6cc7ccccc7c7ccccc67)cc5)cc4)c4ccc(-n5c6ccccc6c6ccccc65)cc4)c4ccccc34)cc2)cc1. The maximum Gasteiger partial charge on any atom is 0.0541 e. The molecule has 0 spiro atoms. The number of benzene rings is 12. The van der Waals surface area contributed by atoms with Gasteiger partial charge in [-0.2, -0.15) is 0 Å². The second kappa shape index (κ2) is 16.5. The van der Waals surface area contributed by atoms with Crippen molar-refractivity contribution in [2.45, 2.75) is 0 Å². The van der Waals surface area contributed by atoms with E-state index in [0.717, 1.165) is 22.7 Å². The molecule has 0 radical (unpaired) electrons. The monoisotopic (exact) mass is 864 g/mol. The molecule has 0 aliphatic rings. The molecule has 0 unspecified atom stereocenters. The number of hydrogen-bond acceptors (Lipinski definition) is 1. The standard InChI is InChI=1S/C66H44N2/c1-2-14-45(15-3-1)46-26-30-49(31-27-46)56-42-43-66(60-21-9-8-19-58(56)60)67(53-38-40-54(41-39-53)68-64-24-12-10-22-61(64)62-23-11-13-25-65(62)68)52-36-34-48(35-37-52)47-28-32-50(33-29-47)63-44-51-16-4-5-17-55(51)57-18-6-7-20-59(57)63/h1-44H. The van der Waals surface area contributed by atoms with Crippen LogP contribution in [-0.4, -0.2) is 4.57 Å². The van der Waals surface area contributed by atoms with Crippen molar-refractivity contribution in [3.63, 3.8) is 0 Å². The first-order valence-electron chi connectivity index (χ1n) is 23.4. The van der Waals surface area contributed by atoms with Gasteiger partial charge in [0.05, 0.1) is 16.7 Å². The Kier molecular flexibility index (Phi) is 9.54. The molecule has 318 valence electrons. The van der Waals surface area contributed by atoms with E-state index in [1.54, 1.807) is 0 Å². The van der Waals surface area contributed by atoms with Gasteiger partial charge in [-0.1, -0.05) is 206 Å². The Morgan fingerprint density at radius 2 is 0.662 bits per heavy atom. The number of hydrogen-bond donors (Lipinski definition) is 0. The molecule has 1 aromatic heterocycles. The van der Waals surface area contributed by atoms with E-state index in [4.69, 9.17) is 0 Å². The van der Waals surface area contributed by atoms with Gasteiger partial charge >= 0.3 is 0 Å². The van der Waals surface area contributed by atoms with Crippen molar-refractivity contribution in [2.75, 3.05) is 4.90 Å². The van der Waals surface area contributed by atoms with E-state index in [2.05, 4.69) is 276 Å². The highest BCUT2D eigenvalue weighted by Crippen LogP contribution is 2.44. The molecule has 2 nitrogen and oxygen atoms in total. The maximum atomic E-state index is 2.41. The zero-order valence-corrected chi connectivity index (χ0v) is 37.3. The zero-order valence-electron chi connectivity index (χ0n) is 37.3. The summed E-state index contributed by atoms with van der Waals surface area (Å²) in [6, 6.07) is 97.4. The highest BCUT2D eigenvalue weighted by molar-refractivity contribution is 6.14. The lowest BCUT2D eigenvalue weighted by molar-refractivity contribution is 1.17. The minimum atomic E-state index is 1.08. The quantitative estimate of drug-likeness (QED) is 0.138. The van der Waals surface area contributed by atoms with Crippen LogP contribution in [-0.2, 0) is 0 Å². The fraction of sp³-hybridized carbons (Fsp3) is 0. The summed E-state index contributed by atoms with van der Waals surface area (Å²) in [5.74, 6) is 0. The molecule has 68 heavy (non-hydrogen) atoms. The van der Waals surface area contributed by atoms with Crippen LogP contribution in [0.3, 0.4) is 0 Å². The van der Waals surface area contributed by atoms with Gasteiger partial charge in [-0.25, -0.2) is 0 Å². The predicted molar refractivity (Wildman–Crippen MR) is 290 cm³/mol. The van der Waals surface area contributed by atoms with Gasteiger partial charge in [0.25, 0.3) is 0 Å². The van der Waals surface area contributed by atoms with Gasteiger partial charge < -0.3 is 9.47 Å². The average molecular weight is 865 g/mol. The van der Waals surface area contributed by atoms with Crippen molar-refractivity contribution in [1.29, 1.82) is 0 Å². The Morgan fingerprint density at radius 1 is 0.250 bits per heavy atom.